The molecule has 9 N–H and O–H groups in total. The SMILES string of the molecule is Cc1[nH]c2cc(F)cc([N+](=O)[O-])c2c1CC(N)C(=O)O.Cc1[nH]c2cc(F)ccc2c1CC(N)C(=O)O.Cc1cc2ccc(F)cc2[nH]1. The molecule has 0 bridgehead atoms. The van der Waals surface area contributed by atoms with Crippen LogP contribution < -0.4 is 11.5 Å². The van der Waals surface area contributed by atoms with Crippen molar-refractivity contribution in [3.63, 3.8) is 0 Å². The normalized spacial score (nSPS) is 12.2. The van der Waals surface area contributed by atoms with Crippen LogP contribution in [-0.4, -0.2) is 54.1 Å². The van der Waals surface area contributed by atoms with Gasteiger partial charge in [-0.3, -0.25) is 19.7 Å². The highest BCUT2D eigenvalue weighted by Crippen LogP contribution is 2.32. The number of nitrogens with one attached hydrogen (secondary N) is 3. The number of nitrogens with two attached hydrogens (primary N) is 2. The molecule has 0 fully saturated rings. The lowest BCUT2D eigenvalue weighted by Crippen LogP contribution is -2.32. The van der Waals surface area contributed by atoms with Crippen LogP contribution in [0.4, 0.5) is 18.9 Å². The first-order chi connectivity index (χ1) is 22.5. The second-order valence-corrected chi connectivity index (χ2v) is 11.2. The molecular weight excluding hydrogens is 633 g/mol. The number of non-ortho nitro benzene ring substituents is 1. The van der Waals surface area contributed by atoms with Crippen LogP contribution in [0.3, 0.4) is 0 Å². The summed E-state index contributed by atoms with van der Waals surface area (Å²) in [5, 5.41) is 30.7. The average Bonchev–Trinajstić information content (AvgIpc) is 3.63. The minimum atomic E-state index is -1.21. The predicted molar refractivity (Wildman–Crippen MR) is 174 cm³/mol. The van der Waals surface area contributed by atoms with Crippen LogP contribution >= 0.6 is 0 Å². The van der Waals surface area contributed by atoms with Crippen molar-refractivity contribution in [2.45, 2.75) is 45.7 Å². The van der Waals surface area contributed by atoms with Gasteiger partial charge in [-0.25, -0.2) is 13.2 Å². The number of halogens is 3. The monoisotopic (exact) mass is 666 g/mol. The number of nitro groups is 1. The number of nitrogens with zero attached hydrogens (tertiary/aromatic N) is 1. The van der Waals surface area contributed by atoms with Gasteiger partial charge < -0.3 is 36.6 Å². The number of aromatic nitrogens is 3. The summed E-state index contributed by atoms with van der Waals surface area (Å²) in [6.45, 7) is 5.41. The van der Waals surface area contributed by atoms with Gasteiger partial charge in [0.2, 0.25) is 0 Å². The maximum Gasteiger partial charge on any atom is 0.320 e. The summed E-state index contributed by atoms with van der Waals surface area (Å²) in [6.07, 6.45) is 0.153. The van der Waals surface area contributed by atoms with E-state index in [0.717, 1.165) is 45.4 Å². The van der Waals surface area contributed by atoms with Gasteiger partial charge in [0, 0.05) is 46.3 Å². The van der Waals surface area contributed by atoms with Crippen LogP contribution in [0, 0.1) is 48.3 Å². The Bertz CT molecular complexity index is 2150. The van der Waals surface area contributed by atoms with Crippen molar-refractivity contribution in [2.75, 3.05) is 0 Å². The Kier molecular flexibility index (Phi) is 10.6. The highest BCUT2D eigenvalue weighted by molar-refractivity contribution is 5.93. The third-order valence-electron chi connectivity index (χ3n) is 7.64. The Morgan fingerprint density at radius 2 is 1.27 bits per heavy atom. The Hall–Kier alpha value is -5.67. The molecule has 0 spiro atoms. The molecule has 6 aromatic rings. The van der Waals surface area contributed by atoms with Crippen LogP contribution in [0.1, 0.15) is 28.2 Å². The highest BCUT2D eigenvalue weighted by Gasteiger charge is 2.24. The van der Waals surface area contributed by atoms with E-state index in [1.807, 2.05) is 19.9 Å². The predicted octanol–water partition coefficient (Wildman–Crippen LogP) is 5.66. The van der Waals surface area contributed by atoms with Crippen molar-refractivity contribution in [2.24, 2.45) is 11.5 Å². The lowest BCUT2D eigenvalue weighted by Gasteiger charge is -2.06. The Morgan fingerprint density at radius 1 is 0.750 bits per heavy atom. The van der Waals surface area contributed by atoms with E-state index < -0.39 is 40.5 Å². The molecule has 2 unspecified atom stereocenters. The van der Waals surface area contributed by atoms with E-state index in [1.165, 1.54) is 24.3 Å². The molecule has 6 rings (SSSR count). The zero-order chi connectivity index (χ0) is 35.4. The maximum atomic E-state index is 13.3. The molecule has 48 heavy (non-hydrogen) atoms. The van der Waals surface area contributed by atoms with Gasteiger partial charge in [0.05, 0.1) is 21.9 Å². The minimum absolute atomic E-state index is 0.0758. The standard InChI is InChI=1S/C12H12FN3O4.C12H13FN2O2.C9H8FN/c1-5-7(4-8(14)12(17)18)11-9(15-5)2-6(13)3-10(11)16(19)20;1-6-9(5-10(14)12(16)17)8-3-2-7(13)4-11(8)15-6;1-6-4-7-2-3-8(10)5-9(7)11-6/h2-3,8,15H,4,14H2,1H3,(H,17,18);2-4,10,15H,5,14H2,1H3,(H,16,17);2-5,11H,1H3. The number of aliphatic carboxylic acids is 2. The fraction of sp³-hybridized carbons (Fsp3) is 0.212. The molecule has 3 heterocycles. The molecule has 0 aliphatic carbocycles. The second-order valence-electron chi connectivity index (χ2n) is 11.2. The lowest BCUT2D eigenvalue weighted by atomic mass is 10.0. The molecule has 3 aromatic carbocycles. The first kappa shape index (κ1) is 35.2. The smallest absolute Gasteiger partial charge is 0.320 e. The number of carbonyl (C=O) groups is 2. The molecule has 0 saturated heterocycles. The number of H-pyrrole nitrogens is 3. The lowest BCUT2D eigenvalue weighted by molar-refractivity contribution is -0.383. The fourth-order valence-corrected chi connectivity index (χ4v) is 5.36. The largest absolute Gasteiger partial charge is 0.480 e. The molecule has 252 valence electrons. The number of hydrogen-bond donors (Lipinski definition) is 7. The third kappa shape index (κ3) is 8.00. The van der Waals surface area contributed by atoms with E-state index in [9.17, 15) is 32.9 Å². The quantitative estimate of drug-likeness (QED) is 0.0830. The van der Waals surface area contributed by atoms with Crippen LogP contribution in [0.25, 0.3) is 32.7 Å². The maximum absolute atomic E-state index is 13.3. The molecule has 0 aliphatic rings. The number of carboxylic acid groups (broad SMARTS) is 2. The van der Waals surface area contributed by atoms with Crippen molar-refractivity contribution < 1.29 is 37.9 Å². The molecule has 2 atom stereocenters. The number of nitro benzene ring substituents is 1. The molecule has 12 nitrogen and oxygen atoms in total. The number of hydrogen-bond acceptors (Lipinski definition) is 6. The average molecular weight is 667 g/mol. The summed E-state index contributed by atoms with van der Waals surface area (Å²) in [6, 6.07) is 10.9. The van der Waals surface area contributed by atoms with E-state index in [2.05, 4.69) is 15.0 Å². The molecule has 0 aliphatic heterocycles. The second kappa shape index (κ2) is 14.4. The van der Waals surface area contributed by atoms with Crippen molar-refractivity contribution in [3.8, 4) is 0 Å². The fourth-order valence-electron chi connectivity index (χ4n) is 5.36. The van der Waals surface area contributed by atoms with Crippen LogP contribution in [0.2, 0.25) is 0 Å². The summed E-state index contributed by atoms with van der Waals surface area (Å²) in [5.74, 6) is -3.50. The minimum Gasteiger partial charge on any atom is -0.480 e. The molecule has 3 aromatic heterocycles. The Morgan fingerprint density at radius 3 is 1.88 bits per heavy atom. The van der Waals surface area contributed by atoms with Gasteiger partial charge >= 0.3 is 11.9 Å². The van der Waals surface area contributed by atoms with E-state index in [1.54, 1.807) is 19.1 Å². The number of carboxylic acids is 2. The summed E-state index contributed by atoms with van der Waals surface area (Å²) >= 11 is 0. The number of rotatable bonds is 7. The summed E-state index contributed by atoms with van der Waals surface area (Å²) in [5.41, 5.74) is 16.0. The van der Waals surface area contributed by atoms with Gasteiger partial charge in [0.1, 0.15) is 29.5 Å². The molecule has 0 radical (unpaired) electrons. The number of fused-ring (bicyclic) bond motifs is 3. The number of aromatic amines is 3. The summed E-state index contributed by atoms with van der Waals surface area (Å²) < 4.78 is 39.0. The van der Waals surface area contributed by atoms with Gasteiger partial charge in [-0.15, -0.1) is 0 Å². The zero-order valence-electron chi connectivity index (χ0n) is 26.0. The highest BCUT2D eigenvalue weighted by atomic mass is 19.1. The van der Waals surface area contributed by atoms with Gasteiger partial charge in [-0.2, -0.15) is 0 Å². The van der Waals surface area contributed by atoms with Crippen molar-refractivity contribution >= 4 is 50.3 Å². The van der Waals surface area contributed by atoms with Gasteiger partial charge in [0.25, 0.3) is 5.69 Å². The Balaban J connectivity index is 0.000000169. The first-order valence-electron chi connectivity index (χ1n) is 14.5. The van der Waals surface area contributed by atoms with Crippen molar-refractivity contribution in [1.29, 1.82) is 0 Å². The van der Waals surface area contributed by atoms with E-state index in [4.69, 9.17) is 21.7 Å². The van der Waals surface area contributed by atoms with E-state index in [-0.39, 0.29) is 35.4 Å². The van der Waals surface area contributed by atoms with Gasteiger partial charge in [-0.05, 0) is 85.8 Å². The summed E-state index contributed by atoms with van der Waals surface area (Å²) in [7, 11) is 0. The molecule has 0 saturated carbocycles. The first-order valence-corrected chi connectivity index (χ1v) is 14.5. The number of aryl methyl sites for hydroxylation is 3. The topological polar surface area (TPSA) is 217 Å². The van der Waals surface area contributed by atoms with Crippen LogP contribution in [0.15, 0.2) is 54.6 Å². The van der Waals surface area contributed by atoms with Crippen molar-refractivity contribution in [1.82, 2.24) is 15.0 Å². The van der Waals surface area contributed by atoms with Crippen LogP contribution in [-0.2, 0) is 22.4 Å². The van der Waals surface area contributed by atoms with Gasteiger partial charge in [-0.1, -0.05) is 0 Å². The molecule has 15 heteroatoms. The summed E-state index contributed by atoms with van der Waals surface area (Å²) in [4.78, 5) is 40.8. The van der Waals surface area contributed by atoms with Crippen LogP contribution in [0.5, 0.6) is 0 Å². The Labute approximate surface area is 270 Å². The number of benzene rings is 3. The molecule has 0 amide bonds. The van der Waals surface area contributed by atoms with E-state index >= 15 is 0 Å². The van der Waals surface area contributed by atoms with E-state index in [0.29, 0.717) is 16.8 Å². The third-order valence-corrected chi connectivity index (χ3v) is 7.64. The van der Waals surface area contributed by atoms with Gasteiger partial charge in [0.15, 0.2) is 0 Å². The molecular formula is C33H33F3N6O6. The zero-order valence-corrected chi connectivity index (χ0v) is 26.0. The van der Waals surface area contributed by atoms with Crippen molar-refractivity contribution in [3.05, 3.63) is 110 Å².